The van der Waals surface area contributed by atoms with Crippen LogP contribution in [0.4, 0.5) is 5.13 Å². The van der Waals surface area contributed by atoms with Crippen LogP contribution in [0.25, 0.3) is 0 Å². The number of thiazole rings is 1. The van der Waals surface area contributed by atoms with Gasteiger partial charge >= 0.3 is 5.97 Å². The third-order valence-electron chi connectivity index (χ3n) is 2.68. The molecule has 1 unspecified atom stereocenters. The van der Waals surface area contributed by atoms with Gasteiger partial charge in [-0.05, 0) is 28.4 Å². The monoisotopic (exact) mass is 444 g/mol. The van der Waals surface area contributed by atoms with Crippen LogP contribution in [0.3, 0.4) is 0 Å². The van der Waals surface area contributed by atoms with E-state index in [9.17, 15) is 13.2 Å². The third-order valence-corrected chi connectivity index (χ3v) is 8.13. The van der Waals surface area contributed by atoms with Crippen molar-refractivity contribution < 1.29 is 18.3 Å². The average Bonchev–Trinajstić information content (AvgIpc) is 2.98. The smallest absolute Gasteiger partial charge is 0.311 e. The fraction of sp³-hybridized carbons (Fsp3) is 0.273. The number of nitrogens with zero attached hydrogens (tertiary/aromatic N) is 1. The molecule has 0 aliphatic rings. The number of halogens is 2. The highest BCUT2D eigenvalue weighted by Crippen LogP contribution is 2.36. The Morgan fingerprint density at radius 1 is 1.55 bits per heavy atom. The van der Waals surface area contributed by atoms with Gasteiger partial charge in [-0.1, -0.05) is 18.5 Å². The summed E-state index contributed by atoms with van der Waals surface area (Å²) in [4.78, 5) is 15.5. The molecule has 2 rings (SSSR count). The lowest BCUT2D eigenvalue weighted by molar-refractivity contribution is -0.138. The molecule has 1 atom stereocenters. The van der Waals surface area contributed by atoms with Gasteiger partial charge in [0.15, 0.2) is 5.13 Å². The van der Waals surface area contributed by atoms with Crippen LogP contribution in [0.2, 0.25) is 4.34 Å². The first-order valence-corrected chi connectivity index (χ1v) is 10.2. The van der Waals surface area contributed by atoms with Crippen LogP contribution in [0, 0.1) is 0 Å². The molecule has 120 valence electrons. The molecule has 0 saturated carbocycles. The molecule has 0 fully saturated rings. The van der Waals surface area contributed by atoms with Crippen molar-refractivity contribution in [2.24, 2.45) is 0 Å². The van der Waals surface area contributed by atoms with Gasteiger partial charge in [-0.15, -0.1) is 22.7 Å². The van der Waals surface area contributed by atoms with E-state index in [-0.39, 0.29) is 9.34 Å². The van der Waals surface area contributed by atoms with Crippen LogP contribution < -0.4 is 4.72 Å². The summed E-state index contributed by atoms with van der Waals surface area (Å²) in [5.74, 6) is -1.66. The van der Waals surface area contributed by atoms with Crippen LogP contribution in [0.15, 0.2) is 20.9 Å². The minimum Gasteiger partial charge on any atom is -0.481 e. The van der Waals surface area contributed by atoms with Gasteiger partial charge in [0.1, 0.15) is 8.55 Å². The van der Waals surface area contributed by atoms with E-state index >= 15 is 0 Å². The lowest BCUT2D eigenvalue weighted by atomic mass is 10.1. The highest BCUT2D eigenvalue weighted by molar-refractivity contribution is 9.10. The van der Waals surface area contributed by atoms with Gasteiger partial charge in [0.25, 0.3) is 10.0 Å². The lowest BCUT2D eigenvalue weighted by Crippen LogP contribution is -2.11. The van der Waals surface area contributed by atoms with Crippen molar-refractivity contribution in [1.82, 2.24) is 4.98 Å². The van der Waals surface area contributed by atoms with Crippen molar-refractivity contribution in [1.29, 1.82) is 0 Å². The highest BCUT2D eigenvalue weighted by Gasteiger charge is 2.23. The Hall–Kier alpha value is -0.680. The normalized spacial score (nSPS) is 13.0. The Morgan fingerprint density at radius 2 is 2.23 bits per heavy atom. The first-order chi connectivity index (χ1) is 10.2. The minimum absolute atomic E-state index is 0.0476. The summed E-state index contributed by atoms with van der Waals surface area (Å²) in [5, 5.41) is 9.22. The van der Waals surface area contributed by atoms with Crippen molar-refractivity contribution in [2.45, 2.75) is 23.5 Å². The summed E-state index contributed by atoms with van der Waals surface area (Å²) in [6.07, 6.45) is 1.78. The van der Waals surface area contributed by atoms with Crippen molar-refractivity contribution in [3.8, 4) is 0 Å². The molecule has 11 heteroatoms. The summed E-state index contributed by atoms with van der Waals surface area (Å²) in [6.45, 7) is 1.74. The van der Waals surface area contributed by atoms with E-state index in [4.69, 9.17) is 16.7 Å². The molecule has 0 spiro atoms. The van der Waals surface area contributed by atoms with Crippen molar-refractivity contribution in [3.05, 3.63) is 25.9 Å². The van der Waals surface area contributed by atoms with E-state index in [2.05, 4.69) is 25.6 Å². The molecule has 2 aromatic heterocycles. The molecule has 0 saturated heterocycles. The number of carboxylic acid groups (broad SMARTS) is 1. The summed E-state index contributed by atoms with van der Waals surface area (Å²) in [6, 6.07) is 1.40. The number of hydrogen-bond donors (Lipinski definition) is 2. The van der Waals surface area contributed by atoms with Gasteiger partial charge in [0, 0.05) is 15.5 Å². The molecule has 0 aromatic carbocycles. The predicted octanol–water partition coefficient (Wildman–Crippen LogP) is 4.00. The summed E-state index contributed by atoms with van der Waals surface area (Å²) < 4.78 is 27.6. The summed E-state index contributed by atoms with van der Waals surface area (Å²) in [7, 11) is -3.80. The summed E-state index contributed by atoms with van der Waals surface area (Å²) >= 11 is 10.9. The van der Waals surface area contributed by atoms with Gasteiger partial charge in [0.2, 0.25) is 0 Å². The number of aliphatic carboxylic acids is 1. The molecule has 2 aromatic rings. The Bertz CT molecular complexity index is 783. The number of carboxylic acids is 1. The van der Waals surface area contributed by atoms with Gasteiger partial charge in [-0.2, -0.15) is 0 Å². The fourth-order valence-corrected chi connectivity index (χ4v) is 6.15. The number of thiophene rings is 1. The highest BCUT2D eigenvalue weighted by atomic mass is 79.9. The summed E-state index contributed by atoms with van der Waals surface area (Å²) in [5.41, 5.74) is 0. The van der Waals surface area contributed by atoms with E-state index < -0.39 is 21.9 Å². The number of nitrogens with one attached hydrogen (secondary N) is 1. The molecule has 0 aliphatic heterocycles. The molecule has 2 heterocycles. The second kappa shape index (κ2) is 6.83. The second-order valence-electron chi connectivity index (χ2n) is 4.16. The first kappa shape index (κ1) is 17.7. The van der Waals surface area contributed by atoms with Gasteiger partial charge in [0.05, 0.1) is 5.92 Å². The maximum absolute atomic E-state index is 12.2. The molecule has 0 bridgehead atoms. The van der Waals surface area contributed by atoms with Gasteiger partial charge < -0.3 is 5.11 Å². The van der Waals surface area contributed by atoms with Crippen LogP contribution in [-0.4, -0.2) is 24.5 Å². The van der Waals surface area contributed by atoms with Crippen LogP contribution in [0.1, 0.15) is 24.1 Å². The molecule has 2 N–H and O–H groups in total. The largest absolute Gasteiger partial charge is 0.481 e. The maximum atomic E-state index is 12.2. The van der Waals surface area contributed by atoms with Crippen LogP contribution in [0.5, 0.6) is 0 Å². The first-order valence-electron chi connectivity index (χ1n) is 5.90. The number of carbonyl (C=O) groups is 1. The van der Waals surface area contributed by atoms with E-state index in [0.29, 0.717) is 20.1 Å². The third kappa shape index (κ3) is 3.80. The second-order valence-corrected chi connectivity index (χ2v) is 9.64. The number of hydrogen-bond acceptors (Lipinski definition) is 6. The van der Waals surface area contributed by atoms with Gasteiger partial charge in [-0.25, -0.2) is 13.4 Å². The topological polar surface area (TPSA) is 96.4 Å². The Balaban J connectivity index is 2.24. The van der Waals surface area contributed by atoms with E-state index in [1.807, 2.05) is 0 Å². The SMILES string of the molecule is CCC(C(=O)O)c1cnc(NS(=O)(=O)c2cc(Br)c(Cl)s2)s1. The van der Waals surface area contributed by atoms with E-state index in [1.165, 1.54) is 12.3 Å². The van der Waals surface area contributed by atoms with Crippen molar-refractivity contribution in [3.63, 3.8) is 0 Å². The maximum Gasteiger partial charge on any atom is 0.311 e. The molecule has 22 heavy (non-hydrogen) atoms. The molecular formula is C11H10BrClN2O4S3. The molecular weight excluding hydrogens is 436 g/mol. The average molecular weight is 446 g/mol. The van der Waals surface area contributed by atoms with E-state index in [1.54, 1.807) is 6.92 Å². The fourth-order valence-electron chi connectivity index (χ4n) is 1.62. The Kier molecular flexibility index (Phi) is 5.49. The zero-order chi connectivity index (χ0) is 16.5. The van der Waals surface area contributed by atoms with Crippen molar-refractivity contribution >= 4 is 71.3 Å². The number of sulfonamides is 1. The van der Waals surface area contributed by atoms with Gasteiger partial charge in [-0.3, -0.25) is 9.52 Å². The Morgan fingerprint density at radius 3 is 2.73 bits per heavy atom. The Labute approximate surface area is 148 Å². The van der Waals surface area contributed by atoms with Crippen molar-refractivity contribution in [2.75, 3.05) is 4.72 Å². The molecule has 0 amide bonds. The number of aromatic nitrogens is 1. The van der Waals surface area contributed by atoms with E-state index in [0.717, 1.165) is 22.7 Å². The standard InChI is InChI=1S/C11H10BrClN2O4S3/c1-2-5(10(16)17)7-4-14-11(20-7)15-22(18,19)8-3-6(12)9(13)21-8/h3-5H,2H2,1H3,(H,14,15)(H,16,17). The minimum atomic E-state index is -3.80. The molecule has 0 radical (unpaired) electrons. The molecule has 0 aliphatic carbocycles. The quantitative estimate of drug-likeness (QED) is 0.700. The van der Waals surface area contributed by atoms with Crippen LogP contribution >= 0.6 is 50.2 Å². The predicted molar refractivity (Wildman–Crippen MR) is 90.6 cm³/mol. The number of anilines is 1. The zero-order valence-electron chi connectivity index (χ0n) is 11.0. The number of rotatable bonds is 6. The van der Waals surface area contributed by atoms with Crippen LogP contribution in [-0.2, 0) is 14.8 Å². The molecule has 6 nitrogen and oxygen atoms in total. The lowest BCUT2D eigenvalue weighted by Gasteiger charge is -2.05. The zero-order valence-corrected chi connectivity index (χ0v) is 15.8.